The van der Waals surface area contributed by atoms with E-state index in [-0.39, 0.29) is 22.7 Å². The summed E-state index contributed by atoms with van der Waals surface area (Å²) >= 11 is 0. The average Bonchev–Trinajstić information content (AvgIpc) is 2.59. The Morgan fingerprint density at radius 2 is 1.67 bits per heavy atom. The summed E-state index contributed by atoms with van der Waals surface area (Å²) in [6, 6.07) is 8.05. The molecule has 0 aliphatic heterocycles. The molecule has 0 saturated heterocycles. The van der Waals surface area contributed by atoms with Crippen molar-refractivity contribution >= 4 is 16.8 Å². The van der Waals surface area contributed by atoms with E-state index < -0.39 is 11.7 Å². The summed E-state index contributed by atoms with van der Waals surface area (Å²) in [5, 5.41) is 0.720. The van der Waals surface area contributed by atoms with Crippen molar-refractivity contribution in [3.63, 3.8) is 0 Å². The maximum absolute atomic E-state index is 13.8. The largest absolute Gasteiger partial charge is 0.490 e. The number of halogens is 3. The lowest BCUT2D eigenvalue weighted by atomic mass is 9.72. The Morgan fingerprint density at radius 3 is 2.22 bits per heavy atom. The molecule has 0 unspecified atom stereocenters. The van der Waals surface area contributed by atoms with Crippen LogP contribution in [-0.4, -0.2) is 6.10 Å². The van der Waals surface area contributed by atoms with Crippen molar-refractivity contribution in [1.82, 2.24) is 0 Å². The molecule has 4 heteroatoms. The van der Waals surface area contributed by atoms with Gasteiger partial charge in [0.2, 0.25) is 0 Å². The molecule has 1 saturated carbocycles. The quantitative estimate of drug-likeness (QED) is 0.539. The van der Waals surface area contributed by atoms with Gasteiger partial charge in [0.25, 0.3) is 0 Å². The summed E-state index contributed by atoms with van der Waals surface area (Å²) < 4.78 is 47.4. The van der Waals surface area contributed by atoms with E-state index in [2.05, 4.69) is 27.4 Å². The van der Waals surface area contributed by atoms with E-state index in [4.69, 9.17) is 4.74 Å². The number of ether oxygens (including phenoxy) is 1. The fourth-order valence-electron chi connectivity index (χ4n) is 4.07. The third-order valence-corrected chi connectivity index (χ3v) is 5.72. The number of hydrogen-bond donors (Lipinski definition) is 0. The van der Waals surface area contributed by atoms with Crippen molar-refractivity contribution in [2.24, 2.45) is 11.3 Å². The number of hydrogen-bond acceptors (Lipinski definition) is 1. The third kappa shape index (κ3) is 4.31. The van der Waals surface area contributed by atoms with Crippen LogP contribution in [0.1, 0.15) is 57.6 Å². The molecule has 0 spiro atoms. The van der Waals surface area contributed by atoms with Crippen molar-refractivity contribution in [2.75, 3.05) is 0 Å². The van der Waals surface area contributed by atoms with E-state index in [1.807, 2.05) is 0 Å². The molecule has 0 heterocycles. The summed E-state index contributed by atoms with van der Waals surface area (Å²) in [6.07, 6.45) is 0.587. The van der Waals surface area contributed by atoms with Gasteiger partial charge in [-0.15, -0.1) is 0 Å². The van der Waals surface area contributed by atoms with Crippen LogP contribution in [0.2, 0.25) is 0 Å². The van der Waals surface area contributed by atoms with Crippen LogP contribution in [0.3, 0.4) is 0 Å². The zero-order valence-corrected chi connectivity index (χ0v) is 16.2. The molecule has 1 fully saturated rings. The SMILES string of the molecule is C=Cc1ccc2c(C(F)(F)F)c(OC3CCC(C(C)(C)C)CC3)ccc2c1. The van der Waals surface area contributed by atoms with Gasteiger partial charge in [-0.3, -0.25) is 0 Å². The fraction of sp³-hybridized carbons (Fsp3) is 0.478. The molecular formula is C23H27F3O. The first-order chi connectivity index (χ1) is 12.6. The van der Waals surface area contributed by atoms with E-state index in [1.165, 1.54) is 12.1 Å². The van der Waals surface area contributed by atoms with Crippen LogP contribution in [-0.2, 0) is 6.18 Å². The second-order valence-corrected chi connectivity index (χ2v) is 8.58. The number of alkyl halides is 3. The molecule has 0 amide bonds. The van der Waals surface area contributed by atoms with Gasteiger partial charge in [0.05, 0.1) is 6.10 Å². The average molecular weight is 376 g/mol. The van der Waals surface area contributed by atoms with Gasteiger partial charge in [0, 0.05) is 0 Å². The van der Waals surface area contributed by atoms with Gasteiger partial charge < -0.3 is 4.74 Å². The third-order valence-electron chi connectivity index (χ3n) is 5.72. The molecule has 2 aromatic rings. The van der Waals surface area contributed by atoms with Crippen molar-refractivity contribution in [1.29, 1.82) is 0 Å². The van der Waals surface area contributed by atoms with Crippen LogP contribution in [0.15, 0.2) is 36.9 Å². The van der Waals surface area contributed by atoms with Crippen LogP contribution in [0.5, 0.6) is 5.75 Å². The molecular weight excluding hydrogens is 349 g/mol. The summed E-state index contributed by atoms with van der Waals surface area (Å²) in [7, 11) is 0. The maximum Gasteiger partial charge on any atom is 0.420 e. The van der Waals surface area contributed by atoms with E-state index in [0.29, 0.717) is 11.3 Å². The zero-order valence-electron chi connectivity index (χ0n) is 16.2. The minimum Gasteiger partial charge on any atom is -0.490 e. The normalized spacial score (nSPS) is 21.3. The molecule has 0 bridgehead atoms. The molecule has 1 aliphatic rings. The lowest BCUT2D eigenvalue weighted by Gasteiger charge is -2.37. The minimum absolute atomic E-state index is 0.0550. The molecule has 0 aromatic heterocycles. The Labute approximate surface area is 159 Å². The molecule has 27 heavy (non-hydrogen) atoms. The summed E-state index contributed by atoms with van der Waals surface area (Å²) in [5.41, 5.74) is 0.354. The monoisotopic (exact) mass is 376 g/mol. The van der Waals surface area contributed by atoms with Crippen LogP contribution in [0.4, 0.5) is 13.2 Å². The highest BCUT2D eigenvalue weighted by atomic mass is 19.4. The van der Waals surface area contributed by atoms with Gasteiger partial charge >= 0.3 is 6.18 Å². The summed E-state index contributed by atoms with van der Waals surface area (Å²) in [4.78, 5) is 0. The topological polar surface area (TPSA) is 9.23 Å². The predicted octanol–water partition coefficient (Wildman–Crippen LogP) is 7.49. The Kier molecular flexibility index (Phi) is 5.29. The van der Waals surface area contributed by atoms with Crippen molar-refractivity contribution < 1.29 is 17.9 Å². The highest BCUT2D eigenvalue weighted by molar-refractivity contribution is 5.90. The Hall–Kier alpha value is -1.97. The molecule has 1 aliphatic carbocycles. The number of benzene rings is 2. The minimum atomic E-state index is -4.47. The smallest absolute Gasteiger partial charge is 0.420 e. The predicted molar refractivity (Wildman–Crippen MR) is 105 cm³/mol. The van der Waals surface area contributed by atoms with Gasteiger partial charge in [0.1, 0.15) is 11.3 Å². The first kappa shape index (κ1) is 19.8. The van der Waals surface area contributed by atoms with Crippen molar-refractivity contribution in [3.05, 3.63) is 48.0 Å². The first-order valence-corrected chi connectivity index (χ1v) is 9.52. The second-order valence-electron chi connectivity index (χ2n) is 8.58. The van der Waals surface area contributed by atoms with Crippen LogP contribution >= 0.6 is 0 Å². The van der Waals surface area contributed by atoms with Crippen LogP contribution < -0.4 is 4.74 Å². The summed E-state index contributed by atoms with van der Waals surface area (Å²) in [6.45, 7) is 10.4. The van der Waals surface area contributed by atoms with Crippen LogP contribution in [0, 0.1) is 11.3 Å². The van der Waals surface area contributed by atoms with Gasteiger partial charge in [-0.2, -0.15) is 13.2 Å². The lowest BCUT2D eigenvalue weighted by Crippen LogP contribution is -2.31. The Morgan fingerprint density at radius 1 is 1.00 bits per heavy atom. The molecule has 0 radical (unpaired) electrons. The van der Waals surface area contributed by atoms with Gasteiger partial charge in [-0.05, 0) is 65.5 Å². The number of fused-ring (bicyclic) bond motifs is 1. The molecule has 0 atom stereocenters. The van der Waals surface area contributed by atoms with Crippen LogP contribution in [0.25, 0.3) is 16.8 Å². The molecule has 2 aromatic carbocycles. The van der Waals surface area contributed by atoms with E-state index in [9.17, 15) is 13.2 Å². The van der Waals surface area contributed by atoms with Gasteiger partial charge in [-0.25, -0.2) is 0 Å². The second kappa shape index (κ2) is 7.21. The molecule has 1 nitrogen and oxygen atoms in total. The lowest BCUT2D eigenvalue weighted by molar-refractivity contribution is -0.138. The van der Waals surface area contributed by atoms with Gasteiger partial charge in [0.15, 0.2) is 0 Å². The van der Waals surface area contributed by atoms with E-state index in [1.54, 1.807) is 24.3 Å². The molecule has 3 rings (SSSR count). The van der Waals surface area contributed by atoms with Gasteiger partial charge in [-0.1, -0.05) is 51.6 Å². The molecule has 146 valence electrons. The van der Waals surface area contributed by atoms with E-state index in [0.717, 1.165) is 31.2 Å². The molecule has 0 N–H and O–H groups in total. The van der Waals surface area contributed by atoms with Crippen molar-refractivity contribution in [3.8, 4) is 5.75 Å². The fourth-order valence-corrected chi connectivity index (χ4v) is 4.07. The summed E-state index contributed by atoms with van der Waals surface area (Å²) in [5.74, 6) is 0.536. The van der Waals surface area contributed by atoms with E-state index >= 15 is 0 Å². The highest BCUT2D eigenvalue weighted by Gasteiger charge is 2.38. The Balaban J connectivity index is 1.90. The number of rotatable bonds is 3. The highest BCUT2D eigenvalue weighted by Crippen LogP contribution is 2.44. The van der Waals surface area contributed by atoms with Crippen molar-refractivity contribution in [2.45, 2.75) is 58.7 Å². The Bertz CT molecular complexity index is 822. The zero-order chi connectivity index (χ0) is 19.8. The maximum atomic E-state index is 13.8. The first-order valence-electron chi connectivity index (χ1n) is 9.52. The standard InChI is InChI=1S/C23H27F3O/c1-5-15-6-12-19-16(14-15)7-13-20(21(19)23(24,25)26)27-18-10-8-17(9-11-18)22(2,3)4/h5-7,12-14,17-18H,1,8-11H2,2-4H3.